The van der Waals surface area contributed by atoms with E-state index in [4.69, 9.17) is 4.74 Å². The largest absolute Gasteiger partial charge is 0.493 e. The smallest absolute Gasteiger partial charge is 0.257 e. The zero-order valence-electron chi connectivity index (χ0n) is 12.9. The number of benzene rings is 2. The van der Waals surface area contributed by atoms with Crippen molar-refractivity contribution in [3.8, 4) is 5.75 Å². The van der Waals surface area contributed by atoms with Crippen molar-refractivity contribution in [2.45, 2.75) is 6.42 Å². The Morgan fingerprint density at radius 3 is 2.64 bits per heavy atom. The normalized spacial score (nSPS) is 10.5. The van der Waals surface area contributed by atoms with Crippen molar-refractivity contribution in [3.63, 3.8) is 0 Å². The number of anilines is 1. The number of halogens is 2. The molecule has 0 saturated heterocycles. The number of para-hydroxylation sites is 1. The molecule has 0 saturated carbocycles. The van der Waals surface area contributed by atoms with Crippen LogP contribution in [0.15, 0.2) is 48.5 Å². The SMILES string of the molecule is O=C(Nc1nnc(CCOc2ccccc2)s1)c1ccc(F)c(F)c1. The third-order valence-corrected chi connectivity index (χ3v) is 4.10. The molecule has 0 spiro atoms. The molecule has 2 aromatic carbocycles. The fourth-order valence-corrected chi connectivity index (χ4v) is 2.70. The highest BCUT2D eigenvalue weighted by Crippen LogP contribution is 2.18. The first-order valence-corrected chi connectivity index (χ1v) is 8.20. The fourth-order valence-electron chi connectivity index (χ4n) is 1.98. The van der Waals surface area contributed by atoms with E-state index in [1.807, 2.05) is 30.3 Å². The van der Waals surface area contributed by atoms with E-state index in [0.29, 0.717) is 18.0 Å². The van der Waals surface area contributed by atoms with Crippen LogP contribution in [0, 0.1) is 11.6 Å². The van der Waals surface area contributed by atoms with Crippen LogP contribution in [0.5, 0.6) is 5.75 Å². The Bertz CT molecular complexity index is 871. The maximum atomic E-state index is 13.2. The predicted molar refractivity (Wildman–Crippen MR) is 89.9 cm³/mol. The lowest BCUT2D eigenvalue weighted by atomic mass is 10.2. The molecule has 25 heavy (non-hydrogen) atoms. The summed E-state index contributed by atoms with van der Waals surface area (Å²) in [6, 6.07) is 12.3. The molecule has 0 aliphatic heterocycles. The summed E-state index contributed by atoms with van der Waals surface area (Å²) in [6.45, 7) is 0.426. The van der Waals surface area contributed by atoms with Crippen LogP contribution in [0.2, 0.25) is 0 Å². The number of nitrogens with zero attached hydrogens (tertiary/aromatic N) is 2. The molecule has 3 aromatic rings. The lowest BCUT2D eigenvalue weighted by Crippen LogP contribution is -2.12. The second-order valence-electron chi connectivity index (χ2n) is 5.00. The molecule has 5 nitrogen and oxygen atoms in total. The average molecular weight is 361 g/mol. The predicted octanol–water partition coefficient (Wildman–Crippen LogP) is 3.69. The number of hydrogen-bond donors (Lipinski definition) is 1. The molecule has 1 aromatic heterocycles. The van der Waals surface area contributed by atoms with Gasteiger partial charge in [-0.3, -0.25) is 10.1 Å². The first-order chi connectivity index (χ1) is 12.1. The Balaban J connectivity index is 1.54. The molecule has 1 amide bonds. The van der Waals surface area contributed by atoms with Crippen LogP contribution in [0.25, 0.3) is 0 Å². The summed E-state index contributed by atoms with van der Waals surface area (Å²) in [4.78, 5) is 12.0. The highest BCUT2D eigenvalue weighted by atomic mass is 32.1. The molecule has 0 unspecified atom stereocenters. The summed E-state index contributed by atoms with van der Waals surface area (Å²) in [6.07, 6.45) is 0.535. The van der Waals surface area contributed by atoms with Crippen molar-refractivity contribution in [1.82, 2.24) is 10.2 Å². The Morgan fingerprint density at radius 1 is 1.08 bits per heavy atom. The van der Waals surface area contributed by atoms with E-state index in [0.717, 1.165) is 17.9 Å². The lowest BCUT2D eigenvalue weighted by Gasteiger charge is -2.03. The summed E-state index contributed by atoms with van der Waals surface area (Å²) in [7, 11) is 0. The van der Waals surface area contributed by atoms with Gasteiger partial charge in [-0.1, -0.05) is 29.5 Å². The van der Waals surface area contributed by atoms with Gasteiger partial charge in [-0.25, -0.2) is 8.78 Å². The molecule has 128 valence electrons. The number of aromatic nitrogens is 2. The van der Waals surface area contributed by atoms with Crippen LogP contribution in [0.3, 0.4) is 0 Å². The number of carbonyl (C=O) groups excluding carboxylic acids is 1. The molecule has 1 N–H and O–H groups in total. The zero-order valence-corrected chi connectivity index (χ0v) is 13.7. The second-order valence-corrected chi connectivity index (χ2v) is 6.06. The first-order valence-electron chi connectivity index (χ1n) is 7.38. The van der Waals surface area contributed by atoms with Crippen LogP contribution in [-0.4, -0.2) is 22.7 Å². The summed E-state index contributed by atoms with van der Waals surface area (Å²) in [5, 5.41) is 11.3. The molecule has 8 heteroatoms. The molecule has 0 radical (unpaired) electrons. The van der Waals surface area contributed by atoms with Gasteiger partial charge in [0.1, 0.15) is 10.8 Å². The van der Waals surface area contributed by atoms with E-state index in [-0.39, 0.29) is 10.7 Å². The maximum absolute atomic E-state index is 13.2. The van der Waals surface area contributed by atoms with Crippen LogP contribution in [-0.2, 0) is 6.42 Å². The minimum Gasteiger partial charge on any atom is -0.493 e. The zero-order chi connectivity index (χ0) is 17.6. The van der Waals surface area contributed by atoms with Gasteiger partial charge in [0, 0.05) is 12.0 Å². The molecule has 0 bridgehead atoms. The summed E-state index contributed by atoms with van der Waals surface area (Å²) in [5.74, 6) is -1.90. The minimum absolute atomic E-state index is 0.00283. The number of amides is 1. The van der Waals surface area contributed by atoms with Crippen molar-refractivity contribution in [2.75, 3.05) is 11.9 Å². The van der Waals surface area contributed by atoms with Gasteiger partial charge >= 0.3 is 0 Å². The van der Waals surface area contributed by atoms with Crippen LogP contribution in [0.1, 0.15) is 15.4 Å². The highest BCUT2D eigenvalue weighted by Gasteiger charge is 2.12. The van der Waals surface area contributed by atoms with Gasteiger partial charge < -0.3 is 4.74 Å². The summed E-state index contributed by atoms with van der Waals surface area (Å²) < 4.78 is 31.6. The van der Waals surface area contributed by atoms with Crippen LogP contribution >= 0.6 is 11.3 Å². The van der Waals surface area contributed by atoms with E-state index < -0.39 is 17.5 Å². The number of carbonyl (C=O) groups is 1. The van der Waals surface area contributed by atoms with Gasteiger partial charge in [-0.05, 0) is 30.3 Å². The second kappa shape index (κ2) is 7.80. The van der Waals surface area contributed by atoms with Crippen LogP contribution < -0.4 is 10.1 Å². The van der Waals surface area contributed by atoms with E-state index in [2.05, 4.69) is 15.5 Å². The summed E-state index contributed by atoms with van der Waals surface area (Å²) in [5.41, 5.74) is 0.00283. The van der Waals surface area contributed by atoms with E-state index in [1.54, 1.807) is 0 Å². The number of rotatable bonds is 6. The van der Waals surface area contributed by atoms with Gasteiger partial charge in [0.05, 0.1) is 6.61 Å². The number of hydrogen-bond acceptors (Lipinski definition) is 5. The molecular weight excluding hydrogens is 348 g/mol. The van der Waals surface area contributed by atoms with Crippen LogP contribution in [0.4, 0.5) is 13.9 Å². The third kappa shape index (κ3) is 4.57. The Kier molecular flexibility index (Phi) is 5.30. The number of ether oxygens (including phenoxy) is 1. The van der Waals surface area contributed by atoms with Gasteiger partial charge in [0.25, 0.3) is 5.91 Å². The average Bonchev–Trinajstić information content (AvgIpc) is 3.05. The maximum Gasteiger partial charge on any atom is 0.257 e. The molecule has 3 rings (SSSR count). The van der Waals surface area contributed by atoms with Crippen molar-refractivity contribution < 1.29 is 18.3 Å². The van der Waals surface area contributed by atoms with Crippen molar-refractivity contribution in [2.24, 2.45) is 0 Å². The van der Waals surface area contributed by atoms with Gasteiger partial charge in [0.15, 0.2) is 11.6 Å². The van der Waals surface area contributed by atoms with E-state index in [9.17, 15) is 13.6 Å². The lowest BCUT2D eigenvalue weighted by molar-refractivity contribution is 0.102. The summed E-state index contributed by atoms with van der Waals surface area (Å²) >= 11 is 1.20. The van der Waals surface area contributed by atoms with E-state index in [1.165, 1.54) is 17.4 Å². The van der Waals surface area contributed by atoms with E-state index >= 15 is 0 Å². The topological polar surface area (TPSA) is 64.1 Å². The monoisotopic (exact) mass is 361 g/mol. The molecule has 0 aliphatic carbocycles. The molecular formula is C17H13F2N3O2S. The number of nitrogens with one attached hydrogen (secondary N) is 1. The van der Waals surface area contributed by atoms with Gasteiger partial charge in [0.2, 0.25) is 5.13 Å². The Labute approximate surface area is 146 Å². The quantitative estimate of drug-likeness (QED) is 0.727. The van der Waals surface area contributed by atoms with Gasteiger partial charge in [-0.2, -0.15) is 0 Å². The van der Waals surface area contributed by atoms with Crippen molar-refractivity contribution >= 4 is 22.4 Å². The Hall–Kier alpha value is -2.87. The molecule has 1 heterocycles. The molecule has 0 aliphatic rings. The minimum atomic E-state index is -1.08. The molecule has 0 atom stereocenters. The van der Waals surface area contributed by atoms with Crippen molar-refractivity contribution in [1.29, 1.82) is 0 Å². The first kappa shape index (κ1) is 17.0. The van der Waals surface area contributed by atoms with Crippen molar-refractivity contribution in [3.05, 3.63) is 70.7 Å². The highest BCUT2D eigenvalue weighted by molar-refractivity contribution is 7.15. The van der Waals surface area contributed by atoms with Gasteiger partial charge in [-0.15, -0.1) is 10.2 Å². The Morgan fingerprint density at radius 2 is 1.88 bits per heavy atom. The third-order valence-electron chi connectivity index (χ3n) is 3.20. The standard InChI is InChI=1S/C17H13F2N3O2S/c18-13-7-6-11(10-14(13)19)16(23)20-17-22-21-15(25-17)8-9-24-12-4-2-1-3-5-12/h1-7,10H,8-9H2,(H,20,22,23). The fraction of sp³-hybridized carbons (Fsp3) is 0.118. The molecule has 0 fully saturated rings.